The summed E-state index contributed by atoms with van der Waals surface area (Å²) < 4.78 is 13.1. The highest BCUT2D eigenvalue weighted by Crippen LogP contribution is 2.69. The molecule has 0 unspecified atom stereocenters. The Labute approximate surface area is 233 Å². The number of rotatable bonds is 5. The summed E-state index contributed by atoms with van der Waals surface area (Å²) >= 11 is 0. The smallest absolute Gasteiger partial charge is 0.0974 e. The van der Waals surface area contributed by atoms with Gasteiger partial charge in [-0.15, -0.1) is 0 Å². The van der Waals surface area contributed by atoms with Crippen molar-refractivity contribution in [1.29, 1.82) is 0 Å². The first-order valence-electron chi connectivity index (χ1n) is 15.5. The first-order valence-corrected chi connectivity index (χ1v) is 15.5. The quantitative estimate of drug-likeness (QED) is 0.419. The molecule has 39 heavy (non-hydrogen) atoms. The molecule has 1 aromatic carbocycles. The number of nitrogens with zero attached hydrogens (tertiary/aromatic N) is 2. The topological polar surface area (TPSA) is 34.6 Å². The fourth-order valence-corrected chi connectivity index (χ4v) is 10.2. The van der Waals surface area contributed by atoms with Crippen LogP contribution in [0.2, 0.25) is 0 Å². The third-order valence-electron chi connectivity index (χ3n) is 12.0. The summed E-state index contributed by atoms with van der Waals surface area (Å²) in [6, 6.07) is 9.25. The summed E-state index contributed by atoms with van der Waals surface area (Å²) in [5.74, 6) is 1.89. The van der Waals surface area contributed by atoms with Gasteiger partial charge in [0, 0.05) is 36.3 Å². The predicted molar refractivity (Wildman–Crippen MR) is 156 cm³/mol. The van der Waals surface area contributed by atoms with Gasteiger partial charge in [0.2, 0.25) is 0 Å². The van der Waals surface area contributed by atoms with E-state index >= 15 is 0 Å². The molecule has 4 heterocycles. The van der Waals surface area contributed by atoms with Gasteiger partial charge in [0.05, 0.1) is 24.4 Å². The van der Waals surface area contributed by atoms with Gasteiger partial charge in [-0.1, -0.05) is 38.1 Å². The van der Waals surface area contributed by atoms with Gasteiger partial charge in [-0.25, -0.2) is 0 Å². The molecule has 4 heteroatoms. The molecule has 2 saturated carbocycles. The van der Waals surface area contributed by atoms with Crippen LogP contribution in [-0.4, -0.2) is 54.4 Å². The van der Waals surface area contributed by atoms with E-state index in [2.05, 4.69) is 67.2 Å². The monoisotopic (exact) mass is 524 g/mol. The highest BCUT2D eigenvalue weighted by atomic mass is 16.5. The van der Waals surface area contributed by atoms with Crippen LogP contribution in [0, 0.1) is 22.7 Å². The lowest BCUT2D eigenvalue weighted by molar-refractivity contribution is -0.141. The van der Waals surface area contributed by atoms with E-state index in [1.165, 1.54) is 79.8 Å². The zero-order valence-corrected chi connectivity index (χ0v) is 24.0. The van der Waals surface area contributed by atoms with Crippen molar-refractivity contribution in [2.45, 2.75) is 82.3 Å². The summed E-state index contributed by atoms with van der Waals surface area (Å²) in [5.41, 5.74) is 5.14. The van der Waals surface area contributed by atoms with E-state index in [0.29, 0.717) is 17.3 Å². The lowest BCUT2D eigenvalue weighted by Crippen LogP contribution is -2.54. The van der Waals surface area contributed by atoms with Gasteiger partial charge in [0.1, 0.15) is 0 Å². The lowest BCUT2D eigenvalue weighted by atomic mass is 9.58. The first-order chi connectivity index (χ1) is 18.8. The van der Waals surface area contributed by atoms with Crippen LogP contribution in [0.25, 0.3) is 10.8 Å². The third-order valence-corrected chi connectivity index (χ3v) is 12.0. The highest BCUT2D eigenvalue weighted by Gasteiger charge is 2.66. The van der Waals surface area contributed by atoms with Crippen LogP contribution in [0.5, 0.6) is 0 Å². The molecule has 2 saturated heterocycles. The van der Waals surface area contributed by atoms with Crippen LogP contribution in [0.15, 0.2) is 60.0 Å². The zero-order chi connectivity index (χ0) is 26.5. The lowest BCUT2D eigenvalue weighted by Gasteiger charge is -2.54. The number of hydrogen-bond acceptors (Lipinski definition) is 4. The number of benzene rings is 1. The number of ether oxygens (including phenoxy) is 2. The van der Waals surface area contributed by atoms with Gasteiger partial charge < -0.3 is 14.4 Å². The maximum absolute atomic E-state index is 7.57. The Morgan fingerprint density at radius 1 is 1.05 bits per heavy atom. The van der Waals surface area contributed by atoms with Crippen LogP contribution in [0.4, 0.5) is 0 Å². The molecular weight excluding hydrogens is 480 g/mol. The third kappa shape index (κ3) is 3.63. The molecule has 2 spiro atoms. The van der Waals surface area contributed by atoms with E-state index in [1.807, 2.05) is 12.4 Å². The van der Waals surface area contributed by atoms with Crippen molar-refractivity contribution in [1.82, 2.24) is 9.88 Å². The summed E-state index contributed by atoms with van der Waals surface area (Å²) in [6.07, 6.45) is 19.0. The molecule has 6 aliphatic rings. The summed E-state index contributed by atoms with van der Waals surface area (Å²) in [4.78, 5) is 6.98. The van der Waals surface area contributed by atoms with E-state index < -0.39 is 0 Å². The summed E-state index contributed by atoms with van der Waals surface area (Å²) in [6.45, 7) is 9.11. The molecule has 1 aromatic heterocycles. The van der Waals surface area contributed by atoms with Crippen LogP contribution in [0.3, 0.4) is 0 Å². The Hall–Kier alpha value is -2.01. The summed E-state index contributed by atoms with van der Waals surface area (Å²) in [7, 11) is 2.32. The van der Waals surface area contributed by atoms with Crippen molar-refractivity contribution >= 4 is 10.8 Å². The second-order valence-electron chi connectivity index (χ2n) is 14.8. The van der Waals surface area contributed by atoms with Crippen molar-refractivity contribution in [3.63, 3.8) is 0 Å². The molecule has 206 valence electrons. The van der Waals surface area contributed by atoms with Gasteiger partial charge in [-0.05, 0) is 116 Å². The fourth-order valence-electron chi connectivity index (χ4n) is 10.2. The molecule has 2 aromatic rings. The second-order valence-corrected chi connectivity index (χ2v) is 14.8. The molecule has 8 rings (SSSR count). The van der Waals surface area contributed by atoms with Crippen LogP contribution in [0.1, 0.15) is 76.7 Å². The number of fused-ring (bicyclic) bond motifs is 2. The van der Waals surface area contributed by atoms with Crippen LogP contribution in [-0.2, 0) is 9.47 Å². The molecule has 0 radical (unpaired) electrons. The molecule has 0 amide bonds. The van der Waals surface area contributed by atoms with E-state index in [0.717, 1.165) is 25.7 Å². The van der Waals surface area contributed by atoms with Crippen molar-refractivity contribution in [3.8, 4) is 0 Å². The van der Waals surface area contributed by atoms with E-state index in [-0.39, 0.29) is 16.6 Å². The van der Waals surface area contributed by atoms with Gasteiger partial charge in [-0.2, -0.15) is 0 Å². The zero-order valence-electron chi connectivity index (χ0n) is 24.0. The SMILES string of the molecule is CN(C[C@@H]1CCC2=CC3=CC[C@]4(C)[C@@H](c5ccc6ccncc6c5)CC[C@H]4[C@@]34CC[C@]2(C1)O4)CC1(C)COC1. The Morgan fingerprint density at radius 2 is 1.95 bits per heavy atom. The standard InChI is InChI=1S/C35H44N2O2/c1-32(22-38-23-32)21-37(3)20-24-4-7-28-17-29-10-12-33(2)30(26-6-5-25-11-15-36-19-27(25)16-26)8-9-31(33)35(29)14-13-34(28,18-24)39-35/h5-6,10-11,15-17,19,24,30-31H,4,7-9,12-14,18,20-23H2,1-3H3/t24-,30-,31-,33-,34-,35-/m1/s1. The largest absolute Gasteiger partial charge is 0.380 e. The molecule has 4 nitrogen and oxygen atoms in total. The van der Waals surface area contributed by atoms with Crippen LogP contribution >= 0.6 is 0 Å². The maximum atomic E-state index is 7.57. The Balaban J connectivity index is 1.06. The van der Waals surface area contributed by atoms with Gasteiger partial charge in [0.15, 0.2) is 0 Å². The number of aromatic nitrogens is 1. The number of pyridine rings is 1. The molecule has 6 atom stereocenters. The van der Waals surface area contributed by atoms with Gasteiger partial charge in [0.25, 0.3) is 0 Å². The number of hydrogen-bond donors (Lipinski definition) is 0. The first kappa shape index (κ1) is 24.8. The molecule has 2 bridgehead atoms. The minimum atomic E-state index is -0.0752. The van der Waals surface area contributed by atoms with Crippen molar-refractivity contribution in [2.24, 2.45) is 22.7 Å². The van der Waals surface area contributed by atoms with E-state index in [4.69, 9.17) is 9.47 Å². The van der Waals surface area contributed by atoms with E-state index in [1.54, 1.807) is 5.57 Å². The maximum Gasteiger partial charge on any atom is 0.0974 e. The average Bonchev–Trinajstić information content (AvgIpc) is 3.42. The van der Waals surface area contributed by atoms with Crippen LogP contribution < -0.4 is 0 Å². The molecule has 3 aliphatic carbocycles. The molecule has 3 aliphatic heterocycles. The average molecular weight is 525 g/mol. The molecular formula is C35H44N2O2. The summed E-state index contributed by atoms with van der Waals surface area (Å²) in [5, 5.41) is 2.56. The molecule has 4 fully saturated rings. The fraction of sp³-hybridized carbons (Fsp3) is 0.629. The van der Waals surface area contributed by atoms with Gasteiger partial charge >= 0.3 is 0 Å². The minimum Gasteiger partial charge on any atom is -0.380 e. The molecule has 0 N–H and O–H groups in total. The number of allylic oxidation sites excluding steroid dienone is 1. The van der Waals surface area contributed by atoms with E-state index in [9.17, 15) is 0 Å². The highest BCUT2D eigenvalue weighted by molar-refractivity contribution is 5.82. The Kier molecular flexibility index (Phi) is 5.40. The predicted octanol–water partition coefficient (Wildman–Crippen LogP) is 7.06. The Bertz CT molecular complexity index is 1380. The van der Waals surface area contributed by atoms with Gasteiger partial charge in [-0.3, -0.25) is 4.98 Å². The normalized spacial score (nSPS) is 39.9. The van der Waals surface area contributed by atoms with Crippen molar-refractivity contribution in [3.05, 3.63) is 65.5 Å². The minimum absolute atomic E-state index is 0.0183. The van der Waals surface area contributed by atoms with Crippen molar-refractivity contribution < 1.29 is 9.47 Å². The second kappa shape index (κ2) is 8.50. The Morgan fingerprint density at radius 3 is 2.79 bits per heavy atom. The van der Waals surface area contributed by atoms with Crippen molar-refractivity contribution in [2.75, 3.05) is 33.4 Å².